The number of ether oxygens (including phenoxy) is 2. The summed E-state index contributed by atoms with van der Waals surface area (Å²) in [7, 11) is 1.67. The number of aliphatic carboxylic acids is 2. The Morgan fingerprint density at radius 1 is 0.836 bits per heavy atom. The molecule has 342 valence electrons. The number of hydrogen-bond acceptors (Lipinski definition) is 12. The first-order chi connectivity index (χ1) is 29.1. The zero-order chi connectivity index (χ0) is 45.2. The number of amides is 6. The van der Waals surface area contributed by atoms with Gasteiger partial charge in [-0.15, -0.1) is 10.7 Å². The van der Waals surface area contributed by atoms with Gasteiger partial charge in [0.25, 0.3) is 5.91 Å². The summed E-state index contributed by atoms with van der Waals surface area (Å²) in [5.41, 5.74) is 5.34. The number of primary amides is 1. The van der Waals surface area contributed by atoms with E-state index in [0.717, 1.165) is 24.4 Å². The molecule has 0 radical (unpaired) electrons. The molecule has 1 aliphatic carbocycles. The zero-order valence-electron chi connectivity index (χ0n) is 35.3. The Bertz CT molecular complexity index is 1660. The van der Waals surface area contributed by atoms with Crippen LogP contribution < -0.4 is 42.4 Å². The quantitative estimate of drug-likeness (QED) is 0.0334. The second-order valence-electron chi connectivity index (χ2n) is 14.4. The molecule has 21 heteroatoms. The van der Waals surface area contributed by atoms with Gasteiger partial charge in [0.2, 0.25) is 29.5 Å². The highest BCUT2D eigenvalue weighted by atomic mass is 32.2. The number of carboxylic acids is 2. The lowest BCUT2D eigenvalue weighted by Gasteiger charge is -2.17. The number of hydrogen-bond donors (Lipinski definition) is 10. The van der Waals surface area contributed by atoms with Gasteiger partial charge in [0.15, 0.2) is 0 Å². The number of carbonyl (C=O) groups is 8. The Labute approximate surface area is 359 Å². The van der Waals surface area contributed by atoms with Gasteiger partial charge < -0.3 is 57.3 Å². The summed E-state index contributed by atoms with van der Waals surface area (Å²) in [5.74, 6) is -5.70. The number of nitrogens with one attached hydrogen (secondary N) is 7. The lowest BCUT2D eigenvalue weighted by atomic mass is 10.1. The number of rotatable bonds is 33. The minimum Gasteiger partial charge on any atom is -0.480 e. The number of carbonyl (C=O) groups excluding carboxylic acids is 6. The number of unbranched alkanes of at least 4 members (excludes halogenated alkanes) is 1. The van der Waals surface area contributed by atoms with Crippen LogP contribution in [0.15, 0.2) is 24.3 Å². The van der Waals surface area contributed by atoms with E-state index in [2.05, 4.69) is 43.5 Å². The van der Waals surface area contributed by atoms with Gasteiger partial charge in [0.1, 0.15) is 24.2 Å². The van der Waals surface area contributed by atoms with E-state index in [4.69, 9.17) is 15.2 Å². The summed E-state index contributed by atoms with van der Waals surface area (Å²) in [6.45, 7) is 5.16. The molecule has 0 spiro atoms. The predicted molar refractivity (Wildman–Crippen MR) is 230 cm³/mol. The molecule has 5 atom stereocenters. The maximum Gasteiger partial charge on any atom is 0.329 e. The van der Waals surface area contributed by atoms with Crippen LogP contribution in [-0.4, -0.2) is 139 Å². The highest BCUT2D eigenvalue weighted by Crippen LogP contribution is 2.46. The Balaban J connectivity index is 1.56. The van der Waals surface area contributed by atoms with Crippen LogP contribution in [0.5, 0.6) is 0 Å². The highest BCUT2D eigenvalue weighted by molar-refractivity contribution is 8.13. The molecule has 0 heterocycles. The van der Waals surface area contributed by atoms with Gasteiger partial charge in [-0.25, -0.2) is 9.59 Å². The third-order valence-electron chi connectivity index (χ3n) is 9.67. The number of carboxylic acid groups (broad SMARTS) is 2. The van der Waals surface area contributed by atoms with Crippen LogP contribution in [0.1, 0.15) is 88.4 Å². The SMILES string of the molecule is C/C=S(\CCCC(=O)NC1(C(=O)O)C[C@H]1CC(=O)N[C@@H](CCC(=O)NCCOCCOCC(=O)N[C@@H](CCCCNC(=O)c1ccc(NCCC)cc1)C(N)=O)C(=O)O)NC. The molecule has 1 aromatic carbocycles. The fraction of sp³-hybridized carbons (Fsp3) is 0.625. The minimum absolute atomic E-state index is 0.0340. The maximum absolute atomic E-state index is 12.7. The second kappa shape index (κ2) is 28.4. The van der Waals surface area contributed by atoms with E-state index in [0.29, 0.717) is 31.4 Å². The van der Waals surface area contributed by atoms with Crippen molar-refractivity contribution >= 4 is 69.1 Å². The van der Waals surface area contributed by atoms with E-state index in [1.54, 1.807) is 12.1 Å². The molecule has 11 N–H and O–H groups in total. The molecule has 61 heavy (non-hydrogen) atoms. The van der Waals surface area contributed by atoms with E-state index in [1.807, 2.05) is 31.5 Å². The van der Waals surface area contributed by atoms with Crippen molar-refractivity contribution < 1.29 is 58.0 Å². The molecular weight excluding hydrogens is 817 g/mol. The van der Waals surface area contributed by atoms with Crippen LogP contribution in [0.2, 0.25) is 0 Å². The fourth-order valence-electron chi connectivity index (χ4n) is 6.14. The van der Waals surface area contributed by atoms with Gasteiger partial charge in [-0.3, -0.25) is 33.5 Å². The standard InChI is InChI=1S/C40H64N8O12S/c1-4-17-43-29-13-11-27(12-14-29)37(54)45-18-7-6-9-30(36(41)53)46-35(52)26-60-22-21-59-20-19-44-32(49)16-15-31(38(55)56)47-34(51)24-28-25-40(28,39(57)58)48-33(50)10-8-23-61(5-2)42-3/h5,11-14,28,30-31,42-43H,4,6-10,15-26H2,1-3H3,(H2,41,53)(H,44,49)(H,45,54)(H,46,52)(H,47,51)(H,48,50)(H,55,56)(H,57,58)/t28-,30+,31+,40?,61?/m1/s1. The predicted octanol–water partition coefficient (Wildman–Crippen LogP) is 0.233. The molecule has 1 aliphatic rings. The summed E-state index contributed by atoms with van der Waals surface area (Å²) < 4.78 is 13.8. The third-order valence-corrected chi connectivity index (χ3v) is 11.5. The Kier molecular flexibility index (Phi) is 24.2. The normalized spacial score (nSPS) is 16.9. The summed E-state index contributed by atoms with van der Waals surface area (Å²) in [6.07, 6.45) is 2.30. The second-order valence-corrected chi connectivity index (χ2v) is 16.5. The van der Waals surface area contributed by atoms with E-state index >= 15 is 0 Å². The summed E-state index contributed by atoms with van der Waals surface area (Å²) in [6, 6.07) is 4.87. The van der Waals surface area contributed by atoms with E-state index in [-0.39, 0.29) is 88.1 Å². The largest absolute Gasteiger partial charge is 0.480 e. The van der Waals surface area contributed by atoms with Gasteiger partial charge in [0, 0.05) is 61.8 Å². The molecule has 0 aliphatic heterocycles. The molecule has 1 fully saturated rings. The van der Waals surface area contributed by atoms with E-state index < -0.39 is 65.0 Å². The molecule has 0 bridgehead atoms. The van der Waals surface area contributed by atoms with E-state index in [1.165, 1.54) is 0 Å². The third kappa shape index (κ3) is 20.3. The first-order valence-corrected chi connectivity index (χ1v) is 22.0. The van der Waals surface area contributed by atoms with Crippen molar-refractivity contribution in [3.05, 3.63) is 29.8 Å². The van der Waals surface area contributed by atoms with Gasteiger partial charge >= 0.3 is 11.9 Å². The first-order valence-electron chi connectivity index (χ1n) is 20.5. The average Bonchev–Trinajstić information content (AvgIpc) is 3.92. The van der Waals surface area contributed by atoms with E-state index in [9.17, 15) is 48.6 Å². The monoisotopic (exact) mass is 880 g/mol. The van der Waals surface area contributed by atoms with Crippen molar-refractivity contribution in [2.45, 2.75) is 95.7 Å². The fourth-order valence-corrected chi connectivity index (χ4v) is 7.27. The summed E-state index contributed by atoms with van der Waals surface area (Å²) in [5, 5.41) is 37.4. The topological polar surface area (TPSA) is 306 Å². The average molecular weight is 881 g/mol. The van der Waals surface area contributed by atoms with Gasteiger partial charge in [-0.1, -0.05) is 12.3 Å². The van der Waals surface area contributed by atoms with Crippen LogP contribution >= 0.6 is 10.7 Å². The number of nitrogens with two attached hydrogens (primary N) is 1. The van der Waals surface area contributed by atoms with Crippen molar-refractivity contribution in [1.82, 2.24) is 31.3 Å². The lowest BCUT2D eigenvalue weighted by molar-refractivity contribution is -0.144. The van der Waals surface area contributed by atoms with Crippen LogP contribution in [0.3, 0.4) is 0 Å². The lowest BCUT2D eigenvalue weighted by Crippen LogP contribution is -2.46. The van der Waals surface area contributed by atoms with Gasteiger partial charge in [-0.2, -0.15) is 0 Å². The summed E-state index contributed by atoms with van der Waals surface area (Å²) >= 11 is 0. The molecule has 1 saturated carbocycles. The molecule has 0 aromatic heterocycles. The van der Waals surface area contributed by atoms with Gasteiger partial charge in [0.05, 0.1) is 19.8 Å². The van der Waals surface area contributed by atoms with Crippen molar-refractivity contribution in [2.24, 2.45) is 11.7 Å². The van der Waals surface area contributed by atoms with Crippen molar-refractivity contribution in [2.75, 3.05) is 64.2 Å². The smallest absolute Gasteiger partial charge is 0.329 e. The first kappa shape index (κ1) is 52.0. The van der Waals surface area contributed by atoms with Crippen LogP contribution in [0.4, 0.5) is 5.69 Å². The molecule has 1 aromatic rings. The molecule has 20 nitrogen and oxygen atoms in total. The number of anilines is 1. The molecule has 0 saturated heterocycles. The highest BCUT2D eigenvalue weighted by Gasteiger charge is 2.62. The molecule has 6 amide bonds. The molecule has 2 unspecified atom stereocenters. The Morgan fingerprint density at radius 3 is 2.18 bits per heavy atom. The van der Waals surface area contributed by atoms with Crippen molar-refractivity contribution in [3.63, 3.8) is 0 Å². The molecular formula is C40H64N8O12S. The van der Waals surface area contributed by atoms with Crippen molar-refractivity contribution in [1.29, 1.82) is 0 Å². The zero-order valence-corrected chi connectivity index (χ0v) is 36.1. The minimum atomic E-state index is -1.59. The van der Waals surface area contributed by atoms with Crippen molar-refractivity contribution in [3.8, 4) is 0 Å². The maximum atomic E-state index is 12.7. The Morgan fingerprint density at radius 2 is 1.54 bits per heavy atom. The Hall–Kier alpha value is -5.12. The number of benzene rings is 1. The van der Waals surface area contributed by atoms with Crippen LogP contribution in [0, 0.1) is 5.92 Å². The summed E-state index contributed by atoms with van der Waals surface area (Å²) in [4.78, 5) is 97.8. The van der Waals surface area contributed by atoms with Gasteiger partial charge in [-0.05, 0) is 83.2 Å². The van der Waals surface area contributed by atoms with Crippen LogP contribution in [-0.2, 0) is 43.0 Å². The molecule has 2 rings (SSSR count). The van der Waals surface area contributed by atoms with Crippen LogP contribution in [0.25, 0.3) is 0 Å².